The largest absolute Gasteiger partial charge is 0.392 e. The highest BCUT2D eigenvalue weighted by Crippen LogP contribution is 2.23. The quantitative estimate of drug-likeness (QED) is 0.901. The fraction of sp³-hybridized carbons (Fsp3) is 0.857. The Labute approximate surface area is 120 Å². The lowest BCUT2D eigenvalue weighted by Crippen LogP contribution is -2.38. The highest BCUT2D eigenvalue weighted by Gasteiger charge is 2.28. The van der Waals surface area contributed by atoms with E-state index in [1.54, 1.807) is 0 Å². The number of aliphatic hydroxyl groups excluding tert-OH is 1. The van der Waals surface area contributed by atoms with Crippen LogP contribution in [0.5, 0.6) is 0 Å². The van der Waals surface area contributed by atoms with E-state index in [1.165, 1.54) is 0 Å². The molecule has 1 fully saturated rings. The molecule has 2 unspecified atom stereocenters. The van der Waals surface area contributed by atoms with Crippen molar-refractivity contribution in [3.8, 4) is 0 Å². The first-order valence-electron chi connectivity index (χ1n) is 7.24. The van der Waals surface area contributed by atoms with Gasteiger partial charge in [0.25, 0.3) is 0 Å². The lowest BCUT2D eigenvalue weighted by Gasteiger charge is -2.30. The minimum atomic E-state index is -0.504. The molecule has 1 saturated heterocycles. The predicted octanol–water partition coefficient (Wildman–Crippen LogP) is 1.41. The Bertz CT molecular complexity index is 428. The van der Waals surface area contributed by atoms with Crippen LogP contribution in [0.15, 0.2) is 4.52 Å². The Morgan fingerprint density at radius 3 is 2.85 bits per heavy atom. The van der Waals surface area contributed by atoms with Crippen molar-refractivity contribution in [2.45, 2.75) is 46.3 Å². The summed E-state index contributed by atoms with van der Waals surface area (Å²) in [5.41, 5.74) is -0.199. The summed E-state index contributed by atoms with van der Waals surface area (Å²) < 4.78 is 10.9. The van der Waals surface area contributed by atoms with Gasteiger partial charge >= 0.3 is 0 Å². The zero-order valence-electron chi connectivity index (χ0n) is 12.8. The van der Waals surface area contributed by atoms with Crippen LogP contribution in [-0.2, 0) is 11.2 Å². The first-order chi connectivity index (χ1) is 9.40. The standard InChI is InChI=1S/C14H25N3O3/c1-5-17-6-7-19-10(9-17)13-15-12(20-16-13)8-11(18)14(2,3)4/h10-11,18H,5-9H2,1-4H3. The van der Waals surface area contributed by atoms with Crippen molar-refractivity contribution in [1.29, 1.82) is 0 Å². The lowest BCUT2D eigenvalue weighted by molar-refractivity contribution is -0.0334. The fourth-order valence-corrected chi connectivity index (χ4v) is 2.10. The smallest absolute Gasteiger partial charge is 0.229 e. The second-order valence-corrected chi connectivity index (χ2v) is 6.38. The van der Waals surface area contributed by atoms with Gasteiger partial charge in [-0.05, 0) is 12.0 Å². The van der Waals surface area contributed by atoms with E-state index in [9.17, 15) is 5.11 Å². The van der Waals surface area contributed by atoms with E-state index in [0.717, 1.165) is 19.6 Å². The third-order valence-corrected chi connectivity index (χ3v) is 3.74. The van der Waals surface area contributed by atoms with Crippen molar-refractivity contribution in [3.05, 3.63) is 11.7 Å². The molecular weight excluding hydrogens is 258 g/mol. The van der Waals surface area contributed by atoms with Crippen LogP contribution in [0.4, 0.5) is 0 Å². The Kier molecular flexibility index (Phi) is 4.78. The minimum Gasteiger partial charge on any atom is -0.392 e. The highest BCUT2D eigenvalue weighted by molar-refractivity contribution is 4.96. The molecule has 0 aromatic carbocycles. The molecule has 2 heterocycles. The molecule has 6 heteroatoms. The Morgan fingerprint density at radius 1 is 1.45 bits per heavy atom. The number of ether oxygens (including phenoxy) is 1. The summed E-state index contributed by atoms with van der Waals surface area (Å²) in [6.45, 7) is 11.5. The third-order valence-electron chi connectivity index (χ3n) is 3.74. The molecule has 1 N–H and O–H groups in total. The van der Waals surface area contributed by atoms with Gasteiger partial charge in [-0.2, -0.15) is 4.98 Å². The number of hydrogen-bond donors (Lipinski definition) is 1. The van der Waals surface area contributed by atoms with Crippen molar-refractivity contribution >= 4 is 0 Å². The molecule has 0 saturated carbocycles. The number of aliphatic hydroxyl groups is 1. The topological polar surface area (TPSA) is 71.6 Å². The molecular formula is C14H25N3O3. The van der Waals surface area contributed by atoms with E-state index in [0.29, 0.717) is 24.7 Å². The molecule has 1 aliphatic heterocycles. The maximum absolute atomic E-state index is 10.1. The number of nitrogens with zero attached hydrogens (tertiary/aromatic N) is 3. The zero-order valence-corrected chi connectivity index (χ0v) is 12.8. The van der Waals surface area contributed by atoms with E-state index < -0.39 is 6.10 Å². The molecule has 20 heavy (non-hydrogen) atoms. The van der Waals surface area contributed by atoms with Gasteiger partial charge in [-0.3, -0.25) is 4.90 Å². The van der Waals surface area contributed by atoms with E-state index in [-0.39, 0.29) is 11.5 Å². The van der Waals surface area contributed by atoms with Crippen molar-refractivity contribution in [2.24, 2.45) is 5.41 Å². The zero-order chi connectivity index (χ0) is 14.8. The van der Waals surface area contributed by atoms with Crippen LogP contribution in [0.25, 0.3) is 0 Å². The second-order valence-electron chi connectivity index (χ2n) is 6.38. The summed E-state index contributed by atoms with van der Waals surface area (Å²) in [6, 6.07) is 0. The number of aromatic nitrogens is 2. The highest BCUT2D eigenvalue weighted by atomic mass is 16.5. The molecule has 6 nitrogen and oxygen atoms in total. The Hall–Kier alpha value is -0.980. The van der Waals surface area contributed by atoms with Crippen molar-refractivity contribution in [2.75, 3.05) is 26.2 Å². The van der Waals surface area contributed by atoms with Crippen LogP contribution in [0.1, 0.15) is 45.5 Å². The van der Waals surface area contributed by atoms with E-state index in [4.69, 9.17) is 9.26 Å². The Morgan fingerprint density at radius 2 is 2.20 bits per heavy atom. The Balaban J connectivity index is 1.98. The van der Waals surface area contributed by atoms with Gasteiger partial charge in [0, 0.05) is 13.1 Å². The van der Waals surface area contributed by atoms with Crippen molar-refractivity contribution < 1.29 is 14.4 Å². The summed E-state index contributed by atoms with van der Waals surface area (Å²) in [6.07, 6.45) is -0.260. The van der Waals surface area contributed by atoms with Gasteiger partial charge in [-0.1, -0.05) is 32.9 Å². The summed E-state index contributed by atoms with van der Waals surface area (Å²) >= 11 is 0. The van der Waals surface area contributed by atoms with Gasteiger partial charge in [-0.25, -0.2) is 0 Å². The van der Waals surface area contributed by atoms with Crippen LogP contribution in [0, 0.1) is 5.41 Å². The van der Waals surface area contributed by atoms with E-state index in [2.05, 4.69) is 22.0 Å². The predicted molar refractivity (Wildman–Crippen MR) is 74.3 cm³/mol. The number of likely N-dealkylation sites (N-methyl/N-ethyl adjacent to an activating group) is 1. The second kappa shape index (κ2) is 6.20. The number of hydrogen-bond acceptors (Lipinski definition) is 6. The van der Waals surface area contributed by atoms with Gasteiger partial charge in [-0.15, -0.1) is 0 Å². The van der Waals surface area contributed by atoms with Gasteiger partial charge in [0.1, 0.15) is 6.10 Å². The maximum Gasteiger partial charge on any atom is 0.229 e. The molecule has 0 radical (unpaired) electrons. The van der Waals surface area contributed by atoms with Crippen LogP contribution < -0.4 is 0 Å². The number of morpholine rings is 1. The first kappa shape index (κ1) is 15.4. The minimum absolute atomic E-state index is 0.132. The van der Waals surface area contributed by atoms with Gasteiger partial charge < -0.3 is 14.4 Å². The average Bonchev–Trinajstić information content (AvgIpc) is 2.86. The van der Waals surface area contributed by atoms with Crippen LogP contribution in [0.3, 0.4) is 0 Å². The van der Waals surface area contributed by atoms with Crippen molar-refractivity contribution in [3.63, 3.8) is 0 Å². The average molecular weight is 283 g/mol. The third kappa shape index (κ3) is 3.77. The summed E-state index contributed by atoms with van der Waals surface area (Å²) in [4.78, 5) is 6.67. The fourth-order valence-electron chi connectivity index (χ4n) is 2.10. The number of rotatable bonds is 4. The maximum atomic E-state index is 10.1. The van der Waals surface area contributed by atoms with Crippen molar-refractivity contribution in [1.82, 2.24) is 15.0 Å². The molecule has 0 amide bonds. The molecule has 0 spiro atoms. The monoisotopic (exact) mass is 283 g/mol. The summed E-state index contributed by atoms with van der Waals surface area (Å²) in [5.74, 6) is 1.05. The molecule has 0 bridgehead atoms. The normalized spacial score (nSPS) is 22.9. The molecule has 1 aromatic rings. The SMILES string of the molecule is CCN1CCOC(c2noc(CC(O)C(C)(C)C)n2)C1. The van der Waals surface area contributed by atoms with Gasteiger partial charge in [0.15, 0.2) is 0 Å². The first-order valence-corrected chi connectivity index (χ1v) is 7.24. The van der Waals surface area contributed by atoms with Gasteiger partial charge in [0.2, 0.25) is 11.7 Å². The molecule has 114 valence electrons. The van der Waals surface area contributed by atoms with E-state index in [1.807, 2.05) is 20.8 Å². The summed E-state index contributed by atoms with van der Waals surface area (Å²) in [5, 5.41) is 14.1. The molecule has 2 rings (SSSR count). The molecule has 1 aliphatic rings. The lowest BCUT2D eigenvalue weighted by atomic mass is 9.87. The molecule has 0 aliphatic carbocycles. The van der Waals surface area contributed by atoms with Crippen LogP contribution in [0.2, 0.25) is 0 Å². The van der Waals surface area contributed by atoms with Crippen LogP contribution in [-0.4, -0.2) is 52.5 Å². The van der Waals surface area contributed by atoms with Crippen LogP contribution >= 0.6 is 0 Å². The van der Waals surface area contributed by atoms with Gasteiger partial charge in [0.05, 0.1) is 19.1 Å². The van der Waals surface area contributed by atoms with E-state index >= 15 is 0 Å². The molecule has 1 aromatic heterocycles. The summed E-state index contributed by atoms with van der Waals surface area (Å²) in [7, 11) is 0. The molecule has 2 atom stereocenters.